The van der Waals surface area contributed by atoms with Crippen LogP contribution in [0.2, 0.25) is 0 Å². The van der Waals surface area contributed by atoms with Crippen molar-refractivity contribution >= 4 is 0 Å². The molecule has 0 spiro atoms. The highest BCUT2D eigenvalue weighted by atomic mass is 15.1. The predicted molar refractivity (Wildman–Crippen MR) is 46.3 cm³/mol. The summed E-state index contributed by atoms with van der Waals surface area (Å²) in [5.41, 5.74) is 0.935. The third kappa shape index (κ3) is 1.80. The van der Waals surface area contributed by atoms with E-state index in [2.05, 4.69) is 11.1 Å². The van der Waals surface area contributed by atoms with Gasteiger partial charge in [-0.2, -0.15) is 5.26 Å². The first-order chi connectivity index (χ1) is 5.75. The molecule has 3 nitrogen and oxygen atoms in total. The standard InChI is InChI=1S/C9H11N3/c1-12(2)9(6-10)8-4-3-5-11-7-8/h3-5,7,9H,1-2H3. The van der Waals surface area contributed by atoms with E-state index in [-0.39, 0.29) is 6.04 Å². The maximum absolute atomic E-state index is 8.83. The van der Waals surface area contributed by atoms with Gasteiger partial charge in [-0.3, -0.25) is 9.88 Å². The minimum absolute atomic E-state index is 0.196. The molecule has 0 saturated heterocycles. The Balaban J connectivity index is 2.90. The fourth-order valence-electron chi connectivity index (χ4n) is 1.03. The van der Waals surface area contributed by atoms with E-state index < -0.39 is 0 Å². The molecule has 1 aromatic rings. The van der Waals surface area contributed by atoms with Crippen LogP contribution in [0, 0.1) is 11.3 Å². The normalized spacial score (nSPS) is 12.5. The molecule has 0 bridgehead atoms. The van der Waals surface area contributed by atoms with Gasteiger partial charge in [0.2, 0.25) is 0 Å². The molecule has 0 aliphatic rings. The molecule has 62 valence electrons. The average Bonchev–Trinajstić information content (AvgIpc) is 2.07. The minimum atomic E-state index is -0.196. The highest BCUT2D eigenvalue weighted by molar-refractivity contribution is 5.19. The number of nitriles is 1. The van der Waals surface area contributed by atoms with Crippen LogP contribution in [0.3, 0.4) is 0 Å². The molecule has 0 saturated carbocycles. The summed E-state index contributed by atoms with van der Waals surface area (Å²) in [5, 5.41) is 8.83. The third-order valence-electron chi connectivity index (χ3n) is 1.64. The van der Waals surface area contributed by atoms with Crippen molar-refractivity contribution in [2.45, 2.75) is 6.04 Å². The molecule has 0 aliphatic carbocycles. The topological polar surface area (TPSA) is 39.9 Å². The van der Waals surface area contributed by atoms with Crippen LogP contribution < -0.4 is 0 Å². The molecule has 0 fully saturated rings. The van der Waals surface area contributed by atoms with E-state index in [0.29, 0.717) is 0 Å². The van der Waals surface area contributed by atoms with Gasteiger partial charge in [-0.25, -0.2) is 0 Å². The summed E-state index contributed by atoms with van der Waals surface area (Å²) < 4.78 is 0. The lowest BCUT2D eigenvalue weighted by atomic mass is 10.1. The van der Waals surface area contributed by atoms with Crippen LogP contribution in [-0.4, -0.2) is 24.0 Å². The molecule has 3 heteroatoms. The van der Waals surface area contributed by atoms with E-state index in [1.165, 1.54) is 0 Å². The molecule has 0 N–H and O–H groups in total. The number of hydrogen-bond donors (Lipinski definition) is 0. The fourth-order valence-corrected chi connectivity index (χ4v) is 1.03. The Labute approximate surface area is 72.3 Å². The van der Waals surface area contributed by atoms with Crippen molar-refractivity contribution in [2.75, 3.05) is 14.1 Å². The molecule has 0 aliphatic heterocycles. The number of nitrogens with zero attached hydrogens (tertiary/aromatic N) is 3. The maximum Gasteiger partial charge on any atom is 0.124 e. The molecule has 0 radical (unpaired) electrons. The molecular formula is C9H11N3. The van der Waals surface area contributed by atoms with E-state index in [4.69, 9.17) is 5.26 Å². The lowest BCUT2D eigenvalue weighted by Gasteiger charge is -2.16. The summed E-state index contributed by atoms with van der Waals surface area (Å²) in [7, 11) is 3.75. The second-order valence-corrected chi connectivity index (χ2v) is 2.78. The smallest absolute Gasteiger partial charge is 0.124 e. The van der Waals surface area contributed by atoms with E-state index in [1.807, 2.05) is 31.1 Å². The van der Waals surface area contributed by atoms with Crippen molar-refractivity contribution in [3.05, 3.63) is 30.1 Å². The zero-order valence-corrected chi connectivity index (χ0v) is 7.23. The number of aromatic nitrogens is 1. The molecule has 1 heterocycles. The van der Waals surface area contributed by atoms with Gasteiger partial charge in [0.15, 0.2) is 0 Å². The lowest BCUT2D eigenvalue weighted by molar-refractivity contribution is 0.357. The van der Waals surface area contributed by atoms with Crippen LogP contribution in [-0.2, 0) is 0 Å². The Kier molecular flexibility index (Phi) is 2.78. The Bertz CT molecular complexity index is 274. The Morgan fingerprint density at radius 2 is 2.33 bits per heavy atom. The first-order valence-electron chi connectivity index (χ1n) is 3.71. The van der Waals surface area contributed by atoms with Gasteiger partial charge in [0, 0.05) is 18.0 Å². The summed E-state index contributed by atoms with van der Waals surface area (Å²) in [4.78, 5) is 5.82. The van der Waals surface area contributed by atoms with Crippen LogP contribution in [0.4, 0.5) is 0 Å². The van der Waals surface area contributed by atoms with E-state index in [9.17, 15) is 0 Å². The maximum atomic E-state index is 8.83. The van der Waals surface area contributed by atoms with Crippen LogP contribution in [0.15, 0.2) is 24.5 Å². The molecule has 1 rings (SSSR count). The average molecular weight is 161 g/mol. The summed E-state index contributed by atoms with van der Waals surface area (Å²) >= 11 is 0. The number of pyridine rings is 1. The van der Waals surface area contributed by atoms with Gasteiger partial charge in [-0.15, -0.1) is 0 Å². The van der Waals surface area contributed by atoms with Crippen molar-refractivity contribution in [1.82, 2.24) is 9.88 Å². The zero-order valence-electron chi connectivity index (χ0n) is 7.23. The molecule has 0 amide bonds. The van der Waals surface area contributed by atoms with Crippen molar-refractivity contribution in [2.24, 2.45) is 0 Å². The second kappa shape index (κ2) is 3.84. The zero-order chi connectivity index (χ0) is 8.97. The predicted octanol–water partition coefficient (Wildman–Crippen LogP) is 1.21. The van der Waals surface area contributed by atoms with Gasteiger partial charge >= 0.3 is 0 Å². The van der Waals surface area contributed by atoms with Crippen LogP contribution in [0.5, 0.6) is 0 Å². The largest absolute Gasteiger partial charge is 0.290 e. The minimum Gasteiger partial charge on any atom is -0.290 e. The Morgan fingerprint density at radius 3 is 2.75 bits per heavy atom. The highest BCUT2D eigenvalue weighted by Crippen LogP contribution is 2.14. The van der Waals surface area contributed by atoms with Crippen molar-refractivity contribution < 1.29 is 0 Å². The van der Waals surface area contributed by atoms with E-state index in [1.54, 1.807) is 12.4 Å². The van der Waals surface area contributed by atoms with Crippen LogP contribution in [0.25, 0.3) is 0 Å². The first-order valence-corrected chi connectivity index (χ1v) is 3.71. The quantitative estimate of drug-likeness (QED) is 0.654. The molecule has 1 unspecified atom stereocenters. The van der Waals surface area contributed by atoms with E-state index >= 15 is 0 Å². The molecular weight excluding hydrogens is 150 g/mol. The van der Waals surface area contributed by atoms with Gasteiger partial charge < -0.3 is 0 Å². The van der Waals surface area contributed by atoms with E-state index in [0.717, 1.165) is 5.56 Å². The fraction of sp³-hybridized carbons (Fsp3) is 0.333. The van der Waals surface area contributed by atoms with Gasteiger partial charge in [0.1, 0.15) is 6.04 Å². The monoisotopic (exact) mass is 161 g/mol. The van der Waals surface area contributed by atoms with Gasteiger partial charge in [-0.1, -0.05) is 6.07 Å². The summed E-state index contributed by atoms with van der Waals surface area (Å²) in [5.74, 6) is 0. The van der Waals surface area contributed by atoms with Crippen molar-refractivity contribution in [3.63, 3.8) is 0 Å². The van der Waals surface area contributed by atoms with Crippen LogP contribution >= 0.6 is 0 Å². The first kappa shape index (κ1) is 8.69. The van der Waals surface area contributed by atoms with Crippen molar-refractivity contribution in [1.29, 1.82) is 5.26 Å². The second-order valence-electron chi connectivity index (χ2n) is 2.78. The number of rotatable bonds is 2. The lowest BCUT2D eigenvalue weighted by Crippen LogP contribution is -2.18. The SMILES string of the molecule is CN(C)C(C#N)c1cccnc1. The Hall–Kier alpha value is -1.40. The highest BCUT2D eigenvalue weighted by Gasteiger charge is 2.11. The molecule has 1 atom stereocenters. The Morgan fingerprint density at radius 1 is 1.58 bits per heavy atom. The summed E-state index contributed by atoms with van der Waals surface area (Å²) in [6, 6.07) is 5.75. The third-order valence-corrected chi connectivity index (χ3v) is 1.64. The summed E-state index contributed by atoms with van der Waals surface area (Å²) in [6.07, 6.45) is 3.42. The molecule has 0 aromatic carbocycles. The molecule has 12 heavy (non-hydrogen) atoms. The van der Waals surface area contributed by atoms with Crippen LogP contribution in [0.1, 0.15) is 11.6 Å². The van der Waals surface area contributed by atoms with Gasteiger partial charge in [-0.05, 0) is 20.2 Å². The number of hydrogen-bond acceptors (Lipinski definition) is 3. The molecule has 1 aromatic heterocycles. The summed E-state index contributed by atoms with van der Waals surface area (Å²) in [6.45, 7) is 0. The van der Waals surface area contributed by atoms with Gasteiger partial charge in [0.25, 0.3) is 0 Å². The van der Waals surface area contributed by atoms with Gasteiger partial charge in [0.05, 0.1) is 6.07 Å². The van der Waals surface area contributed by atoms with Crippen molar-refractivity contribution in [3.8, 4) is 6.07 Å².